The van der Waals surface area contributed by atoms with Gasteiger partial charge in [0.25, 0.3) is 0 Å². The molecule has 18 heavy (non-hydrogen) atoms. The maximum atomic E-state index is 10.3. The minimum Gasteiger partial charge on any atom is -0.693 e. The van der Waals surface area contributed by atoms with Crippen molar-refractivity contribution in [3.05, 3.63) is 49.5 Å². The molecule has 1 atom stereocenters. The number of nitrogens with zero attached hydrogens (tertiary/aromatic N) is 1. The summed E-state index contributed by atoms with van der Waals surface area (Å²) >= 11 is 0. The van der Waals surface area contributed by atoms with Crippen molar-refractivity contribution < 1.29 is 34.0 Å². The number of hydrogen-bond donors (Lipinski definition) is 3. The monoisotopic (exact) mass is 348 g/mol. The van der Waals surface area contributed by atoms with Crippen LogP contribution in [0, 0.1) is 13.0 Å². The minimum atomic E-state index is -1.02. The van der Waals surface area contributed by atoms with Crippen LogP contribution in [0.5, 0.6) is 0 Å². The number of carboxylic acids is 1. The fourth-order valence-electron chi connectivity index (χ4n) is 0.669. The van der Waals surface area contributed by atoms with Crippen molar-refractivity contribution in [1.82, 2.24) is 9.97 Å². The number of aliphatic carboxylic acids is 1. The Morgan fingerprint density at radius 2 is 1.94 bits per heavy atom. The summed E-state index contributed by atoms with van der Waals surface area (Å²) < 4.78 is 7.50. The van der Waals surface area contributed by atoms with Crippen molar-refractivity contribution in [3.8, 4) is 0 Å². The fourth-order valence-corrected chi connectivity index (χ4v) is 0.669. The number of nitrogens with one attached hydrogen (secondary N) is 1. The molecule has 0 aromatic carbocycles. The maximum Gasteiger partial charge on any atom is 6.00 e. The maximum absolute atomic E-state index is 10.3. The smallest absolute Gasteiger partial charge is 0.693 e. The third-order valence-electron chi connectivity index (χ3n) is 1.25. The summed E-state index contributed by atoms with van der Waals surface area (Å²) in [4.78, 5) is 16.6. The van der Waals surface area contributed by atoms with Crippen LogP contribution >= 0.6 is 0 Å². The van der Waals surface area contributed by atoms with Crippen LogP contribution in [0.4, 0.5) is 0 Å². The Kier molecular flexibility index (Phi) is 42.3. The van der Waals surface area contributed by atoms with E-state index in [1.54, 1.807) is 6.20 Å². The zero-order chi connectivity index (χ0) is 10.3. The molecule has 1 unspecified atom stereocenters. The topological polar surface area (TPSA) is 246 Å². The van der Waals surface area contributed by atoms with Crippen LogP contribution in [-0.4, -0.2) is 27.1 Å². The summed E-state index contributed by atoms with van der Waals surface area (Å²) in [6.45, 7) is 4.50. The van der Waals surface area contributed by atoms with Crippen molar-refractivity contribution in [1.29, 1.82) is 0 Å². The van der Waals surface area contributed by atoms with Crippen LogP contribution in [0.25, 0.3) is 24.6 Å². The van der Waals surface area contributed by atoms with Crippen molar-refractivity contribution in [2.45, 2.75) is 12.5 Å². The molecule has 0 aliphatic carbocycles. The first-order valence-electron chi connectivity index (χ1n) is 3.29. The van der Waals surface area contributed by atoms with Crippen LogP contribution in [0.3, 0.4) is 0 Å². The van der Waals surface area contributed by atoms with Gasteiger partial charge >= 0.3 is 36.7 Å². The summed E-state index contributed by atoms with van der Waals surface area (Å²) in [5, 5.41) is 8.41. The second-order valence-corrected chi connectivity index (χ2v) is 2.15. The van der Waals surface area contributed by atoms with Gasteiger partial charge in [0.2, 0.25) is 0 Å². The van der Waals surface area contributed by atoms with E-state index in [2.05, 4.69) is 22.9 Å². The number of nitrogens with two attached hydrogens (primary N) is 5. The summed E-state index contributed by atoms with van der Waals surface area (Å²) in [6.07, 6.45) is 4.25. The molecule has 1 heterocycles. The zero-order valence-corrected chi connectivity index (χ0v) is 11.1. The van der Waals surface area contributed by atoms with Gasteiger partial charge in [0.1, 0.15) is 0 Å². The third kappa shape index (κ3) is 14.8. The van der Waals surface area contributed by atoms with Gasteiger partial charge in [-0.25, -0.2) is 0 Å². The Labute approximate surface area is 118 Å². The number of carboxylic acid groups (broad SMARTS) is 1. The van der Waals surface area contributed by atoms with Crippen LogP contribution in [0.1, 0.15) is 5.69 Å². The normalized spacial score (nSPS) is 7.94. The fraction of sp³-hybridized carbons (Fsp3) is 0.286. The summed E-state index contributed by atoms with van der Waals surface area (Å²) in [6, 6.07) is -0.883. The molecule has 104 valence electrons. The van der Waals surface area contributed by atoms with Gasteiger partial charge in [0, 0.05) is 0 Å². The predicted molar refractivity (Wildman–Crippen MR) is 61.8 cm³/mol. The summed E-state index contributed by atoms with van der Waals surface area (Å²) in [5.74, 6) is -1.02. The van der Waals surface area contributed by atoms with E-state index in [-0.39, 0.29) is 50.5 Å². The van der Waals surface area contributed by atoms with Gasteiger partial charge in [0.15, 0.2) is 0 Å². The number of aromatic amines is 1. The first-order chi connectivity index (χ1) is 6.20. The van der Waals surface area contributed by atoms with E-state index in [9.17, 15) is 4.79 Å². The first-order valence-corrected chi connectivity index (χ1v) is 3.29. The molecule has 0 aliphatic rings. The van der Waals surface area contributed by atoms with Gasteiger partial charge in [-0.2, -0.15) is 0 Å². The molecule has 0 spiro atoms. The summed E-state index contributed by atoms with van der Waals surface area (Å²) in [7, 11) is 0. The Morgan fingerprint density at radius 3 is 2.22 bits per heavy atom. The molecule has 0 saturated heterocycles. The standard InChI is InChI=1S/C6H8N3O2.CO.4H2N.Ru/c7-5(6(10)11)1-4-2-8-3-9-4;1-2;;;;;/h2,5H,1,7H2,(H,8,9)(H,10,11);;4*1H2;/q-1;;4*-1;+6. The number of rotatable bonds is 3. The average Bonchev–Trinajstić information content (AvgIpc) is 2.60. The molecule has 10 nitrogen and oxygen atoms in total. The van der Waals surface area contributed by atoms with E-state index in [1.807, 2.05) is 0 Å². The number of aromatic nitrogens is 2. The molecular formula is C7H16N7O3Ru+. The SMILES string of the molecule is NC(Cc1c[nH][c-]n1)C(=O)O.[C-]#[O+].[NH2-].[NH2-].[NH2-].[NH2-].[Ru+6]. The van der Waals surface area contributed by atoms with Gasteiger partial charge < -0.3 is 45.4 Å². The van der Waals surface area contributed by atoms with E-state index >= 15 is 0 Å². The van der Waals surface area contributed by atoms with Crippen LogP contribution in [0.15, 0.2) is 6.20 Å². The van der Waals surface area contributed by atoms with E-state index in [1.165, 1.54) is 0 Å². The molecule has 1 rings (SSSR count). The predicted octanol–water partition coefficient (Wildman–Crippen LogP) is 1.99. The van der Waals surface area contributed by atoms with Gasteiger partial charge in [-0.3, -0.25) is 4.79 Å². The molecule has 0 amide bonds. The molecule has 0 saturated carbocycles. The first kappa shape index (κ1) is 36.0. The third-order valence-corrected chi connectivity index (χ3v) is 1.25. The molecule has 12 N–H and O–H groups in total. The van der Waals surface area contributed by atoms with Crippen molar-refractivity contribution >= 4 is 5.97 Å². The second kappa shape index (κ2) is 21.2. The molecule has 0 radical (unpaired) electrons. The molecular weight excluding hydrogens is 331 g/mol. The van der Waals surface area contributed by atoms with Crippen LogP contribution in [-0.2, 0) is 35.3 Å². The average molecular weight is 347 g/mol. The Hall–Kier alpha value is -1.16. The van der Waals surface area contributed by atoms with Gasteiger partial charge in [-0.05, 0) is 12.7 Å². The molecule has 1 aromatic heterocycles. The molecule has 0 bridgehead atoms. The number of imidazole rings is 1. The molecule has 0 aliphatic heterocycles. The van der Waals surface area contributed by atoms with Crippen molar-refractivity contribution in [2.24, 2.45) is 5.73 Å². The molecule has 0 fully saturated rings. The quantitative estimate of drug-likeness (QED) is 0.421. The van der Waals surface area contributed by atoms with Crippen molar-refractivity contribution in [3.63, 3.8) is 0 Å². The van der Waals surface area contributed by atoms with Gasteiger partial charge in [-0.15, -0.1) is 6.20 Å². The second-order valence-electron chi connectivity index (χ2n) is 2.15. The van der Waals surface area contributed by atoms with Crippen molar-refractivity contribution in [2.75, 3.05) is 0 Å². The number of H-pyrrole nitrogens is 1. The minimum absolute atomic E-state index is 0. The van der Waals surface area contributed by atoms with E-state index < -0.39 is 12.0 Å². The Balaban J connectivity index is -0.0000000490. The largest absolute Gasteiger partial charge is 6.00 e. The number of hydrogen-bond acceptors (Lipinski definition) is 3. The van der Waals surface area contributed by atoms with E-state index in [0.29, 0.717) is 5.69 Å². The Morgan fingerprint density at radius 1 is 1.50 bits per heavy atom. The zero-order valence-electron chi connectivity index (χ0n) is 9.31. The number of carbonyl (C=O) groups is 1. The summed E-state index contributed by atoms with van der Waals surface area (Å²) in [5.41, 5.74) is 5.85. The van der Waals surface area contributed by atoms with E-state index in [0.717, 1.165) is 0 Å². The van der Waals surface area contributed by atoms with Crippen LogP contribution < -0.4 is 5.73 Å². The molecule has 1 aromatic rings. The van der Waals surface area contributed by atoms with Gasteiger partial charge in [-0.1, -0.05) is 5.69 Å². The van der Waals surface area contributed by atoms with E-state index in [4.69, 9.17) is 15.5 Å². The van der Waals surface area contributed by atoms with Gasteiger partial charge in [0.05, 0.1) is 6.04 Å². The Bertz CT molecular complexity index is 280. The van der Waals surface area contributed by atoms with Crippen LogP contribution in [0.2, 0.25) is 0 Å². The molecule has 11 heteroatoms.